The van der Waals surface area contributed by atoms with Crippen LogP contribution in [0, 0.1) is 5.92 Å². The van der Waals surface area contributed by atoms with Gasteiger partial charge in [0.1, 0.15) is 12.1 Å². The standard InChI is InChI=1S/C21H29N3O6/c1-13(2)8-16(20(25)26)23-17(21(27)28)9-15-10-22-12-24(15)11-14-6-5-7-18(29-3)19(14)30-4/h5-7,10,12-13,16-17,23H,8-9,11H2,1-4H3,(H,25,26)(H,27,28)/t16-,17-/m0/s1. The highest BCUT2D eigenvalue weighted by atomic mass is 16.5. The van der Waals surface area contributed by atoms with E-state index in [1.165, 1.54) is 0 Å². The monoisotopic (exact) mass is 419 g/mol. The third-order valence-corrected chi connectivity index (χ3v) is 4.74. The summed E-state index contributed by atoms with van der Waals surface area (Å²) in [6.45, 7) is 4.18. The van der Waals surface area contributed by atoms with Gasteiger partial charge in [0, 0.05) is 23.9 Å². The predicted molar refractivity (Wildman–Crippen MR) is 110 cm³/mol. The molecule has 0 radical (unpaired) electrons. The Bertz CT molecular complexity index is 864. The van der Waals surface area contributed by atoms with Crippen LogP contribution >= 0.6 is 0 Å². The molecule has 2 atom stereocenters. The minimum atomic E-state index is -1.11. The summed E-state index contributed by atoms with van der Waals surface area (Å²) in [6.07, 6.45) is 3.61. The molecule has 9 nitrogen and oxygen atoms in total. The first-order valence-electron chi connectivity index (χ1n) is 9.67. The first-order chi connectivity index (χ1) is 14.3. The van der Waals surface area contributed by atoms with Gasteiger partial charge in [-0.15, -0.1) is 0 Å². The number of para-hydroxylation sites is 1. The number of hydrogen-bond donors (Lipinski definition) is 3. The molecule has 1 aromatic heterocycles. The van der Waals surface area contributed by atoms with Crippen LogP contribution in [0.2, 0.25) is 0 Å². The third-order valence-electron chi connectivity index (χ3n) is 4.74. The van der Waals surface area contributed by atoms with Gasteiger partial charge in [-0.25, -0.2) is 4.98 Å². The molecule has 0 unspecified atom stereocenters. The Hall–Kier alpha value is -3.07. The molecular weight excluding hydrogens is 390 g/mol. The van der Waals surface area contributed by atoms with Crippen LogP contribution in [0.4, 0.5) is 0 Å². The average molecular weight is 419 g/mol. The Kier molecular flexibility index (Phi) is 8.23. The number of rotatable bonds is 12. The minimum Gasteiger partial charge on any atom is -0.493 e. The second kappa shape index (κ2) is 10.6. The van der Waals surface area contributed by atoms with Crippen LogP contribution in [0.3, 0.4) is 0 Å². The van der Waals surface area contributed by atoms with Crippen molar-refractivity contribution < 1.29 is 29.3 Å². The maximum absolute atomic E-state index is 11.8. The summed E-state index contributed by atoms with van der Waals surface area (Å²) in [6, 6.07) is 3.52. The van der Waals surface area contributed by atoms with Gasteiger partial charge < -0.3 is 24.3 Å². The summed E-state index contributed by atoms with van der Waals surface area (Å²) < 4.78 is 12.6. The second-order valence-electron chi connectivity index (χ2n) is 7.45. The van der Waals surface area contributed by atoms with Crippen molar-refractivity contribution in [3.05, 3.63) is 42.0 Å². The number of nitrogens with zero attached hydrogens (tertiary/aromatic N) is 2. The van der Waals surface area contributed by atoms with E-state index in [1.807, 2.05) is 30.5 Å². The molecule has 3 N–H and O–H groups in total. The summed E-state index contributed by atoms with van der Waals surface area (Å²) in [5, 5.41) is 21.9. The van der Waals surface area contributed by atoms with E-state index >= 15 is 0 Å². The van der Waals surface area contributed by atoms with Crippen molar-refractivity contribution in [1.29, 1.82) is 0 Å². The minimum absolute atomic E-state index is 0.0868. The molecule has 0 bridgehead atoms. The van der Waals surface area contributed by atoms with E-state index in [2.05, 4.69) is 10.3 Å². The predicted octanol–water partition coefficient (Wildman–Crippen LogP) is 2.03. The Balaban J connectivity index is 2.22. The van der Waals surface area contributed by atoms with Crippen molar-refractivity contribution >= 4 is 11.9 Å². The fourth-order valence-corrected chi connectivity index (χ4v) is 3.30. The summed E-state index contributed by atoms with van der Waals surface area (Å²) in [4.78, 5) is 27.5. The highest BCUT2D eigenvalue weighted by Gasteiger charge is 2.27. The molecule has 164 valence electrons. The molecule has 2 rings (SSSR count). The Labute approximate surface area is 175 Å². The van der Waals surface area contributed by atoms with E-state index in [-0.39, 0.29) is 12.3 Å². The van der Waals surface area contributed by atoms with E-state index in [4.69, 9.17) is 9.47 Å². The maximum atomic E-state index is 11.8. The van der Waals surface area contributed by atoms with E-state index in [0.29, 0.717) is 30.2 Å². The van der Waals surface area contributed by atoms with Gasteiger partial charge >= 0.3 is 11.9 Å². The van der Waals surface area contributed by atoms with Crippen molar-refractivity contribution in [2.45, 2.75) is 45.3 Å². The van der Waals surface area contributed by atoms with Crippen LogP contribution in [0.25, 0.3) is 0 Å². The van der Waals surface area contributed by atoms with Crippen LogP contribution < -0.4 is 14.8 Å². The zero-order valence-electron chi connectivity index (χ0n) is 17.7. The molecule has 0 aliphatic rings. The highest BCUT2D eigenvalue weighted by Crippen LogP contribution is 2.31. The molecule has 0 aliphatic heterocycles. The van der Waals surface area contributed by atoms with Crippen LogP contribution in [0.15, 0.2) is 30.7 Å². The largest absolute Gasteiger partial charge is 0.493 e. The zero-order chi connectivity index (χ0) is 22.3. The van der Waals surface area contributed by atoms with E-state index < -0.39 is 24.0 Å². The number of carboxylic acid groups (broad SMARTS) is 2. The highest BCUT2D eigenvalue weighted by molar-refractivity contribution is 5.77. The first-order valence-corrected chi connectivity index (χ1v) is 9.67. The third kappa shape index (κ3) is 5.96. The summed E-state index contributed by atoms with van der Waals surface area (Å²) in [5.74, 6) is -0.879. The van der Waals surface area contributed by atoms with Gasteiger partial charge in [-0.3, -0.25) is 14.9 Å². The molecule has 0 amide bonds. The summed E-state index contributed by atoms with van der Waals surface area (Å²) >= 11 is 0. The lowest BCUT2D eigenvalue weighted by atomic mass is 10.0. The molecule has 1 heterocycles. The lowest BCUT2D eigenvalue weighted by Gasteiger charge is -2.22. The van der Waals surface area contributed by atoms with E-state index in [9.17, 15) is 19.8 Å². The van der Waals surface area contributed by atoms with Crippen LogP contribution in [-0.4, -0.2) is 58.0 Å². The lowest BCUT2D eigenvalue weighted by molar-refractivity contribution is -0.142. The summed E-state index contributed by atoms with van der Waals surface area (Å²) in [5.41, 5.74) is 1.51. The van der Waals surface area contributed by atoms with Crippen molar-refractivity contribution in [2.24, 2.45) is 5.92 Å². The van der Waals surface area contributed by atoms with Crippen molar-refractivity contribution in [3.63, 3.8) is 0 Å². The number of aromatic nitrogens is 2. The number of ether oxygens (including phenoxy) is 2. The SMILES string of the molecule is COc1cccc(Cn2cncc2C[C@H](N[C@@H](CC(C)C)C(=O)O)C(=O)O)c1OC. The Morgan fingerprint density at radius 3 is 2.40 bits per heavy atom. The normalized spacial score (nSPS) is 13.1. The number of nitrogens with one attached hydrogen (secondary N) is 1. The average Bonchev–Trinajstić information content (AvgIpc) is 3.12. The number of carboxylic acids is 2. The number of hydrogen-bond acceptors (Lipinski definition) is 6. The molecule has 1 aromatic carbocycles. The molecule has 30 heavy (non-hydrogen) atoms. The quantitative estimate of drug-likeness (QED) is 0.478. The Morgan fingerprint density at radius 1 is 1.13 bits per heavy atom. The van der Waals surface area contributed by atoms with Gasteiger partial charge in [0.15, 0.2) is 11.5 Å². The number of benzene rings is 1. The smallest absolute Gasteiger partial charge is 0.321 e. The number of carbonyl (C=O) groups is 2. The molecule has 0 fully saturated rings. The Morgan fingerprint density at radius 2 is 1.83 bits per heavy atom. The number of methoxy groups -OCH3 is 2. The van der Waals surface area contributed by atoms with Gasteiger partial charge in [0.25, 0.3) is 0 Å². The number of aliphatic carboxylic acids is 2. The fraction of sp³-hybridized carbons (Fsp3) is 0.476. The molecule has 0 spiro atoms. The van der Waals surface area contributed by atoms with Crippen LogP contribution in [0.1, 0.15) is 31.5 Å². The number of imidazole rings is 1. The molecule has 2 aromatic rings. The van der Waals surface area contributed by atoms with Gasteiger partial charge in [0.05, 0.1) is 27.1 Å². The van der Waals surface area contributed by atoms with Crippen molar-refractivity contribution in [1.82, 2.24) is 14.9 Å². The topological polar surface area (TPSA) is 123 Å². The van der Waals surface area contributed by atoms with Gasteiger partial charge in [-0.2, -0.15) is 0 Å². The second-order valence-corrected chi connectivity index (χ2v) is 7.45. The van der Waals surface area contributed by atoms with Gasteiger partial charge in [0.2, 0.25) is 0 Å². The van der Waals surface area contributed by atoms with Gasteiger partial charge in [-0.05, 0) is 18.4 Å². The maximum Gasteiger partial charge on any atom is 0.321 e. The van der Waals surface area contributed by atoms with Crippen molar-refractivity contribution in [2.75, 3.05) is 14.2 Å². The van der Waals surface area contributed by atoms with E-state index in [0.717, 1.165) is 5.56 Å². The molecule has 0 saturated carbocycles. The van der Waals surface area contributed by atoms with Crippen molar-refractivity contribution in [3.8, 4) is 11.5 Å². The molecular formula is C21H29N3O6. The lowest BCUT2D eigenvalue weighted by Crippen LogP contribution is -2.49. The fourth-order valence-electron chi connectivity index (χ4n) is 3.30. The molecule has 0 saturated heterocycles. The van der Waals surface area contributed by atoms with Crippen LogP contribution in [0.5, 0.6) is 11.5 Å². The van der Waals surface area contributed by atoms with E-state index in [1.54, 1.807) is 32.8 Å². The van der Waals surface area contributed by atoms with Crippen LogP contribution in [-0.2, 0) is 22.6 Å². The molecule has 0 aliphatic carbocycles. The first kappa shape index (κ1) is 23.2. The van der Waals surface area contributed by atoms with Gasteiger partial charge in [-0.1, -0.05) is 26.0 Å². The molecule has 9 heteroatoms. The summed E-state index contributed by atoms with van der Waals surface area (Å²) in [7, 11) is 3.12. The zero-order valence-corrected chi connectivity index (χ0v) is 17.7.